The van der Waals surface area contributed by atoms with E-state index in [1.807, 2.05) is 6.07 Å². The normalized spacial score (nSPS) is 12.7. The van der Waals surface area contributed by atoms with Crippen molar-refractivity contribution < 1.29 is 29.3 Å². The van der Waals surface area contributed by atoms with Gasteiger partial charge in [-0.25, -0.2) is 4.79 Å². The van der Waals surface area contributed by atoms with Gasteiger partial charge in [-0.1, -0.05) is 30.3 Å². The SMILES string of the molecule is CC(=O)Oc1cc(C)cc(C(=O)NC(Cc2ccccc2)[C@H](O)C(=O)O)c1C. The van der Waals surface area contributed by atoms with Gasteiger partial charge in [0, 0.05) is 18.1 Å². The lowest BCUT2D eigenvalue weighted by molar-refractivity contribution is -0.148. The van der Waals surface area contributed by atoms with E-state index in [1.165, 1.54) is 6.92 Å². The van der Waals surface area contributed by atoms with E-state index in [0.29, 0.717) is 11.1 Å². The molecule has 148 valence electrons. The van der Waals surface area contributed by atoms with Crippen LogP contribution in [0.2, 0.25) is 0 Å². The van der Waals surface area contributed by atoms with Crippen LogP contribution in [0.15, 0.2) is 42.5 Å². The Balaban J connectivity index is 2.31. The topological polar surface area (TPSA) is 113 Å². The van der Waals surface area contributed by atoms with Gasteiger partial charge >= 0.3 is 11.9 Å². The van der Waals surface area contributed by atoms with Crippen LogP contribution in [0.4, 0.5) is 0 Å². The minimum absolute atomic E-state index is 0.141. The fraction of sp³-hybridized carbons (Fsp3) is 0.286. The van der Waals surface area contributed by atoms with Gasteiger partial charge in [0.1, 0.15) is 5.75 Å². The van der Waals surface area contributed by atoms with Gasteiger partial charge < -0.3 is 20.3 Å². The number of aryl methyl sites for hydroxylation is 1. The van der Waals surface area contributed by atoms with Crippen LogP contribution in [0.5, 0.6) is 5.75 Å². The summed E-state index contributed by atoms with van der Waals surface area (Å²) in [6.07, 6.45) is -1.64. The van der Waals surface area contributed by atoms with Crippen LogP contribution in [0.3, 0.4) is 0 Å². The fourth-order valence-corrected chi connectivity index (χ4v) is 2.85. The van der Waals surface area contributed by atoms with Crippen LogP contribution >= 0.6 is 0 Å². The first-order valence-electron chi connectivity index (χ1n) is 8.74. The van der Waals surface area contributed by atoms with Gasteiger partial charge in [-0.05, 0) is 43.5 Å². The molecule has 2 atom stereocenters. The van der Waals surface area contributed by atoms with E-state index in [9.17, 15) is 24.6 Å². The second-order valence-electron chi connectivity index (χ2n) is 6.58. The van der Waals surface area contributed by atoms with E-state index in [0.717, 1.165) is 5.56 Å². The van der Waals surface area contributed by atoms with Crippen molar-refractivity contribution in [1.82, 2.24) is 5.32 Å². The molecule has 7 nitrogen and oxygen atoms in total. The summed E-state index contributed by atoms with van der Waals surface area (Å²) in [5, 5.41) is 21.9. The number of esters is 1. The number of benzene rings is 2. The minimum atomic E-state index is -1.78. The second-order valence-corrected chi connectivity index (χ2v) is 6.58. The highest BCUT2D eigenvalue weighted by atomic mass is 16.5. The van der Waals surface area contributed by atoms with Crippen molar-refractivity contribution in [3.63, 3.8) is 0 Å². The number of hydrogen-bond acceptors (Lipinski definition) is 5. The molecule has 0 spiro atoms. The molecule has 0 bridgehead atoms. The number of aliphatic hydroxyl groups excluding tert-OH is 1. The van der Waals surface area contributed by atoms with E-state index in [-0.39, 0.29) is 17.7 Å². The zero-order valence-electron chi connectivity index (χ0n) is 15.9. The zero-order valence-corrected chi connectivity index (χ0v) is 15.9. The number of hydrogen-bond donors (Lipinski definition) is 3. The highest BCUT2D eigenvalue weighted by molar-refractivity contribution is 5.97. The molecule has 0 fully saturated rings. The van der Waals surface area contributed by atoms with E-state index in [2.05, 4.69) is 5.32 Å². The van der Waals surface area contributed by atoms with Crippen molar-refractivity contribution in [3.8, 4) is 5.75 Å². The number of carboxylic acids is 1. The molecule has 0 aromatic heterocycles. The quantitative estimate of drug-likeness (QED) is 0.496. The molecule has 3 N–H and O–H groups in total. The van der Waals surface area contributed by atoms with Gasteiger partial charge in [-0.3, -0.25) is 9.59 Å². The van der Waals surface area contributed by atoms with Crippen LogP contribution in [-0.4, -0.2) is 40.2 Å². The van der Waals surface area contributed by atoms with Crippen molar-refractivity contribution in [1.29, 1.82) is 0 Å². The van der Waals surface area contributed by atoms with Gasteiger partial charge in [0.25, 0.3) is 5.91 Å². The van der Waals surface area contributed by atoms with Crippen LogP contribution in [0.1, 0.15) is 34.0 Å². The monoisotopic (exact) mass is 385 g/mol. The summed E-state index contributed by atoms with van der Waals surface area (Å²) >= 11 is 0. The first-order chi connectivity index (χ1) is 13.2. The average Bonchev–Trinajstić information content (AvgIpc) is 2.63. The number of amides is 1. The number of rotatable bonds is 7. The van der Waals surface area contributed by atoms with E-state index in [1.54, 1.807) is 50.2 Å². The highest BCUT2D eigenvalue weighted by Gasteiger charge is 2.28. The molecule has 28 heavy (non-hydrogen) atoms. The minimum Gasteiger partial charge on any atom is -0.479 e. The van der Waals surface area contributed by atoms with Crippen molar-refractivity contribution >= 4 is 17.8 Å². The molecular weight excluding hydrogens is 362 g/mol. The fourth-order valence-electron chi connectivity index (χ4n) is 2.85. The van der Waals surface area contributed by atoms with Gasteiger partial charge in [0.15, 0.2) is 6.10 Å². The Morgan fingerprint density at radius 2 is 1.75 bits per heavy atom. The number of aliphatic carboxylic acids is 1. The molecule has 7 heteroatoms. The standard InChI is InChI=1S/C21H23NO6/c1-12-9-16(13(2)18(10-12)28-14(3)23)20(25)22-17(19(24)21(26)27)11-15-7-5-4-6-8-15/h4-10,17,19,24H,11H2,1-3H3,(H,22,25)(H,26,27)/t17?,19-/m0/s1. The third-order valence-electron chi connectivity index (χ3n) is 4.25. The first-order valence-corrected chi connectivity index (χ1v) is 8.74. The van der Waals surface area contributed by atoms with Gasteiger partial charge in [-0.15, -0.1) is 0 Å². The van der Waals surface area contributed by atoms with E-state index in [4.69, 9.17) is 4.74 Å². The molecule has 0 radical (unpaired) electrons. The molecule has 0 saturated carbocycles. The van der Waals surface area contributed by atoms with Crippen molar-refractivity contribution in [2.75, 3.05) is 0 Å². The predicted molar refractivity (Wildman–Crippen MR) is 102 cm³/mol. The summed E-state index contributed by atoms with van der Waals surface area (Å²) in [6, 6.07) is 11.2. The summed E-state index contributed by atoms with van der Waals surface area (Å²) in [6.45, 7) is 4.64. The molecule has 0 aliphatic carbocycles. The molecule has 0 aliphatic rings. The van der Waals surface area contributed by atoms with Crippen molar-refractivity contribution in [2.24, 2.45) is 0 Å². The lowest BCUT2D eigenvalue weighted by Crippen LogP contribution is -2.48. The predicted octanol–water partition coefficient (Wildman–Crippen LogP) is 2.02. The molecule has 0 aliphatic heterocycles. The van der Waals surface area contributed by atoms with Crippen LogP contribution in [0, 0.1) is 13.8 Å². The Kier molecular flexibility index (Phi) is 6.89. The lowest BCUT2D eigenvalue weighted by atomic mass is 9.99. The third-order valence-corrected chi connectivity index (χ3v) is 4.25. The first kappa shape index (κ1) is 21.1. The van der Waals surface area contributed by atoms with Crippen LogP contribution in [-0.2, 0) is 16.0 Å². The summed E-state index contributed by atoms with van der Waals surface area (Å²) in [7, 11) is 0. The Morgan fingerprint density at radius 3 is 2.32 bits per heavy atom. The van der Waals surface area contributed by atoms with Crippen molar-refractivity contribution in [2.45, 2.75) is 39.3 Å². The summed E-state index contributed by atoms with van der Waals surface area (Å²) < 4.78 is 5.14. The maximum Gasteiger partial charge on any atom is 0.334 e. The number of aliphatic hydroxyl groups is 1. The van der Waals surface area contributed by atoms with Crippen LogP contribution < -0.4 is 10.1 Å². The molecule has 2 rings (SSSR count). The molecule has 0 saturated heterocycles. The molecule has 1 unspecified atom stereocenters. The summed E-state index contributed by atoms with van der Waals surface area (Å²) in [5.41, 5.74) is 2.16. The second kappa shape index (κ2) is 9.14. The molecule has 1 amide bonds. The molecule has 2 aromatic carbocycles. The van der Waals surface area contributed by atoms with Crippen molar-refractivity contribution in [3.05, 3.63) is 64.7 Å². The molecule has 2 aromatic rings. The Hall–Kier alpha value is -3.19. The van der Waals surface area contributed by atoms with Gasteiger partial charge in [0.2, 0.25) is 0 Å². The zero-order chi connectivity index (χ0) is 20.8. The highest BCUT2D eigenvalue weighted by Crippen LogP contribution is 2.24. The molecule has 0 heterocycles. The Bertz CT molecular complexity index is 878. The number of nitrogens with one attached hydrogen (secondary N) is 1. The number of ether oxygens (including phenoxy) is 1. The van der Waals surface area contributed by atoms with Gasteiger partial charge in [-0.2, -0.15) is 0 Å². The Morgan fingerprint density at radius 1 is 1.11 bits per heavy atom. The number of carbonyl (C=O) groups excluding carboxylic acids is 2. The maximum absolute atomic E-state index is 12.8. The van der Waals surface area contributed by atoms with Gasteiger partial charge in [0.05, 0.1) is 6.04 Å². The number of carboxylic acid groups (broad SMARTS) is 1. The Labute approximate surface area is 163 Å². The van der Waals surface area contributed by atoms with E-state index < -0.39 is 30.0 Å². The smallest absolute Gasteiger partial charge is 0.334 e. The van der Waals surface area contributed by atoms with E-state index >= 15 is 0 Å². The summed E-state index contributed by atoms with van der Waals surface area (Å²) in [5.74, 6) is -2.24. The molecular formula is C21H23NO6. The van der Waals surface area contributed by atoms with Crippen LogP contribution in [0.25, 0.3) is 0 Å². The third kappa shape index (κ3) is 5.40. The summed E-state index contributed by atoms with van der Waals surface area (Å²) in [4.78, 5) is 35.4. The maximum atomic E-state index is 12.8. The lowest BCUT2D eigenvalue weighted by Gasteiger charge is -2.22. The largest absolute Gasteiger partial charge is 0.479 e. The number of carbonyl (C=O) groups is 3. The average molecular weight is 385 g/mol.